The molecule has 0 saturated carbocycles. The fourth-order valence-electron chi connectivity index (χ4n) is 2.25. The van der Waals surface area contributed by atoms with Crippen molar-refractivity contribution in [3.8, 4) is 0 Å². The zero-order chi connectivity index (χ0) is 16.0. The summed E-state index contributed by atoms with van der Waals surface area (Å²) in [5.74, 6) is 0.346. The Balaban J connectivity index is 1.94. The summed E-state index contributed by atoms with van der Waals surface area (Å²) in [4.78, 5) is 12.8. The Morgan fingerprint density at radius 3 is 2.45 bits per heavy atom. The molecule has 1 fully saturated rings. The standard InChI is InChI=1S/C15H22N2O3S2/c1-2-9-16-15(18)12-21-13-5-7-14(8-6-13)22(19,20)17-10-3-4-11-17/h5-8H,2-4,9-12H2,1H3,(H,16,18). The van der Waals surface area contributed by atoms with Crippen molar-refractivity contribution in [3.05, 3.63) is 24.3 Å². The number of carbonyl (C=O) groups is 1. The van der Waals surface area contributed by atoms with Gasteiger partial charge in [-0.2, -0.15) is 4.31 Å². The monoisotopic (exact) mass is 342 g/mol. The highest BCUT2D eigenvalue weighted by Crippen LogP contribution is 2.24. The average Bonchev–Trinajstić information content (AvgIpc) is 3.06. The van der Waals surface area contributed by atoms with Gasteiger partial charge in [0.15, 0.2) is 0 Å². The number of nitrogens with one attached hydrogen (secondary N) is 1. The fourth-order valence-corrected chi connectivity index (χ4v) is 4.50. The maximum Gasteiger partial charge on any atom is 0.243 e. The zero-order valence-electron chi connectivity index (χ0n) is 12.7. The molecule has 1 aromatic rings. The van der Waals surface area contributed by atoms with Crippen LogP contribution in [0.15, 0.2) is 34.1 Å². The second kappa shape index (κ2) is 7.99. The van der Waals surface area contributed by atoms with E-state index in [1.54, 1.807) is 24.3 Å². The highest BCUT2D eigenvalue weighted by Gasteiger charge is 2.26. The second-order valence-electron chi connectivity index (χ2n) is 5.22. The molecule has 0 radical (unpaired) electrons. The molecule has 0 aliphatic carbocycles. The highest BCUT2D eigenvalue weighted by atomic mass is 32.2. The SMILES string of the molecule is CCCNC(=O)CSc1ccc(S(=O)(=O)N2CCCC2)cc1. The van der Waals surface area contributed by atoms with E-state index in [-0.39, 0.29) is 5.91 Å². The first-order valence-electron chi connectivity index (χ1n) is 7.53. The minimum Gasteiger partial charge on any atom is -0.355 e. The molecule has 1 amide bonds. The van der Waals surface area contributed by atoms with Crippen molar-refractivity contribution in [2.24, 2.45) is 0 Å². The Morgan fingerprint density at radius 2 is 1.86 bits per heavy atom. The van der Waals surface area contributed by atoms with E-state index in [2.05, 4.69) is 5.32 Å². The van der Waals surface area contributed by atoms with Crippen LogP contribution < -0.4 is 5.32 Å². The molecule has 1 N–H and O–H groups in total. The lowest BCUT2D eigenvalue weighted by Crippen LogP contribution is -2.27. The van der Waals surface area contributed by atoms with Crippen LogP contribution in [0.1, 0.15) is 26.2 Å². The Bertz CT molecular complexity index is 594. The lowest BCUT2D eigenvalue weighted by molar-refractivity contribution is -0.118. The molecule has 1 saturated heterocycles. The molecule has 1 aromatic carbocycles. The molecule has 0 unspecified atom stereocenters. The van der Waals surface area contributed by atoms with Crippen molar-refractivity contribution in [2.75, 3.05) is 25.4 Å². The maximum absolute atomic E-state index is 12.4. The summed E-state index contributed by atoms with van der Waals surface area (Å²) in [6, 6.07) is 6.78. The molecular weight excluding hydrogens is 320 g/mol. The number of hydrogen-bond donors (Lipinski definition) is 1. The minimum absolute atomic E-state index is 0.000569. The van der Waals surface area contributed by atoms with E-state index in [1.165, 1.54) is 16.1 Å². The summed E-state index contributed by atoms with van der Waals surface area (Å²) in [5, 5.41) is 2.81. The van der Waals surface area contributed by atoms with Crippen molar-refractivity contribution in [2.45, 2.75) is 36.0 Å². The number of benzene rings is 1. The topological polar surface area (TPSA) is 66.5 Å². The van der Waals surface area contributed by atoms with Crippen LogP contribution in [-0.2, 0) is 14.8 Å². The molecule has 7 heteroatoms. The van der Waals surface area contributed by atoms with Crippen molar-refractivity contribution in [3.63, 3.8) is 0 Å². The molecule has 122 valence electrons. The van der Waals surface area contributed by atoms with Gasteiger partial charge in [0.2, 0.25) is 15.9 Å². The first-order valence-corrected chi connectivity index (χ1v) is 9.96. The Kier molecular flexibility index (Phi) is 6.28. The van der Waals surface area contributed by atoms with E-state index >= 15 is 0 Å². The normalized spacial score (nSPS) is 15.9. The summed E-state index contributed by atoms with van der Waals surface area (Å²) >= 11 is 1.41. The zero-order valence-corrected chi connectivity index (χ0v) is 14.4. The molecular formula is C15H22N2O3S2. The molecule has 22 heavy (non-hydrogen) atoms. The molecule has 2 rings (SSSR count). The summed E-state index contributed by atoms with van der Waals surface area (Å²) in [7, 11) is -3.35. The molecule has 0 bridgehead atoms. The molecule has 0 aromatic heterocycles. The quantitative estimate of drug-likeness (QED) is 0.771. The summed E-state index contributed by atoms with van der Waals surface area (Å²) in [5.41, 5.74) is 0. The number of hydrogen-bond acceptors (Lipinski definition) is 4. The van der Waals surface area contributed by atoms with Crippen LogP contribution in [0.3, 0.4) is 0 Å². The van der Waals surface area contributed by atoms with Crippen LogP contribution in [0.2, 0.25) is 0 Å². The van der Waals surface area contributed by atoms with E-state index in [0.717, 1.165) is 24.2 Å². The summed E-state index contributed by atoms with van der Waals surface area (Å²) in [6.07, 6.45) is 2.78. The Hall–Kier alpha value is -1.05. The third kappa shape index (κ3) is 4.47. The average molecular weight is 342 g/mol. The van der Waals surface area contributed by atoms with Crippen molar-refractivity contribution >= 4 is 27.7 Å². The number of rotatable bonds is 7. The highest BCUT2D eigenvalue weighted by molar-refractivity contribution is 8.00. The van der Waals surface area contributed by atoms with E-state index in [4.69, 9.17) is 0 Å². The Morgan fingerprint density at radius 1 is 1.23 bits per heavy atom. The molecule has 0 spiro atoms. The summed E-state index contributed by atoms with van der Waals surface area (Å²) in [6.45, 7) is 3.91. The van der Waals surface area contributed by atoms with Gasteiger partial charge in [-0.05, 0) is 43.5 Å². The van der Waals surface area contributed by atoms with Gasteiger partial charge < -0.3 is 5.32 Å². The molecule has 0 atom stereocenters. The minimum atomic E-state index is -3.35. The molecule has 1 aliphatic rings. The van der Waals surface area contributed by atoms with Gasteiger partial charge in [-0.15, -0.1) is 11.8 Å². The van der Waals surface area contributed by atoms with Crippen LogP contribution >= 0.6 is 11.8 Å². The van der Waals surface area contributed by atoms with Crippen LogP contribution in [0.4, 0.5) is 0 Å². The van der Waals surface area contributed by atoms with Gasteiger partial charge in [-0.25, -0.2) is 8.42 Å². The van der Waals surface area contributed by atoms with E-state index in [0.29, 0.717) is 30.3 Å². The number of thioether (sulfide) groups is 1. The largest absolute Gasteiger partial charge is 0.355 e. The molecule has 5 nitrogen and oxygen atoms in total. The fraction of sp³-hybridized carbons (Fsp3) is 0.533. The van der Waals surface area contributed by atoms with Gasteiger partial charge >= 0.3 is 0 Å². The van der Waals surface area contributed by atoms with Gasteiger partial charge in [-0.1, -0.05) is 6.92 Å². The smallest absolute Gasteiger partial charge is 0.243 e. The lowest BCUT2D eigenvalue weighted by Gasteiger charge is -2.15. The molecule has 1 heterocycles. The second-order valence-corrected chi connectivity index (χ2v) is 8.21. The first kappa shape index (κ1) is 17.3. The van der Waals surface area contributed by atoms with Crippen molar-refractivity contribution in [1.29, 1.82) is 0 Å². The van der Waals surface area contributed by atoms with Gasteiger partial charge in [-0.3, -0.25) is 4.79 Å². The van der Waals surface area contributed by atoms with Gasteiger partial charge in [0.05, 0.1) is 10.6 Å². The predicted octanol–water partition coefficient (Wildman–Crippen LogP) is 2.09. The third-order valence-corrected chi connectivity index (χ3v) is 6.39. The van der Waals surface area contributed by atoms with Crippen molar-refractivity contribution < 1.29 is 13.2 Å². The number of nitrogens with zero attached hydrogens (tertiary/aromatic N) is 1. The van der Waals surface area contributed by atoms with Gasteiger partial charge in [0, 0.05) is 24.5 Å². The molecule has 1 aliphatic heterocycles. The first-order chi connectivity index (χ1) is 10.5. The van der Waals surface area contributed by atoms with Gasteiger partial charge in [0.25, 0.3) is 0 Å². The number of amides is 1. The van der Waals surface area contributed by atoms with E-state index < -0.39 is 10.0 Å². The van der Waals surface area contributed by atoms with Crippen LogP contribution in [-0.4, -0.2) is 44.0 Å². The number of carbonyl (C=O) groups excluding carboxylic acids is 1. The maximum atomic E-state index is 12.4. The van der Waals surface area contributed by atoms with Crippen molar-refractivity contribution in [1.82, 2.24) is 9.62 Å². The third-order valence-electron chi connectivity index (χ3n) is 3.47. The predicted molar refractivity (Wildman–Crippen MR) is 88.5 cm³/mol. The summed E-state index contributed by atoms with van der Waals surface area (Å²) < 4.78 is 26.3. The Labute approximate surface area is 136 Å². The number of sulfonamides is 1. The lowest BCUT2D eigenvalue weighted by atomic mass is 10.4. The van der Waals surface area contributed by atoms with E-state index in [1.807, 2.05) is 6.92 Å². The van der Waals surface area contributed by atoms with Crippen LogP contribution in [0.25, 0.3) is 0 Å². The van der Waals surface area contributed by atoms with Crippen LogP contribution in [0.5, 0.6) is 0 Å². The van der Waals surface area contributed by atoms with Gasteiger partial charge in [0.1, 0.15) is 0 Å². The van der Waals surface area contributed by atoms with E-state index in [9.17, 15) is 13.2 Å². The van der Waals surface area contributed by atoms with Crippen LogP contribution in [0, 0.1) is 0 Å².